The number of benzene rings is 1. The van der Waals surface area contributed by atoms with Crippen LogP contribution in [0.3, 0.4) is 0 Å². The summed E-state index contributed by atoms with van der Waals surface area (Å²) in [6.07, 6.45) is -4.22. The number of aryl methyl sites for hydroxylation is 1. The van der Waals surface area contributed by atoms with Crippen molar-refractivity contribution < 1.29 is 17.6 Å². The molecule has 1 aliphatic heterocycles. The van der Waals surface area contributed by atoms with Gasteiger partial charge in [0.05, 0.1) is 11.4 Å². The van der Waals surface area contributed by atoms with Gasteiger partial charge in [-0.3, -0.25) is 0 Å². The Morgan fingerprint density at radius 2 is 1.76 bits per heavy atom. The molecule has 0 saturated carbocycles. The highest BCUT2D eigenvalue weighted by atomic mass is 32.2. The predicted octanol–water partition coefficient (Wildman–Crippen LogP) is 3.54. The Morgan fingerprint density at radius 3 is 2.33 bits per heavy atom. The molecule has 0 aromatic heterocycles. The molecule has 1 aromatic carbocycles. The molecule has 0 amide bonds. The second-order valence-electron chi connectivity index (χ2n) is 5.26. The summed E-state index contributed by atoms with van der Waals surface area (Å²) in [6, 6.07) is 2.87. The summed E-state index contributed by atoms with van der Waals surface area (Å²) in [5, 5.41) is 0. The third-order valence-electron chi connectivity index (χ3n) is 3.48. The van der Waals surface area contributed by atoms with Crippen molar-refractivity contribution in [3.8, 4) is 0 Å². The monoisotopic (exact) mass is 322 g/mol. The van der Waals surface area contributed by atoms with Crippen molar-refractivity contribution in [3.05, 3.63) is 23.5 Å². The minimum absolute atomic E-state index is 0.367. The van der Waals surface area contributed by atoms with Gasteiger partial charge in [0.1, 0.15) is 5.82 Å². The lowest BCUT2D eigenvalue weighted by atomic mass is 10.2. The number of thioether (sulfide) groups is 1. The number of nitrogens with zero attached hydrogens (tertiary/aromatic N) is 2. The van der Waals surface area contributed by atoms with Crippen LogP contribution in [-0.4, -0.2) is 50.1 Å². The van der Waals surface area contributed by atoms with E-state index in [2.05, 4.69) is 4.90 Å². The van der Waals surface area contributed by atoms with Gasteiger partial charge in [-0.2, -0.15) is 13.2 Å². The van der Waals surface area contributed by atoms with E-state index < -0.39 is 11.9 Å². The van der Waals surface area contributed by atoms with Crippen molar-refractivity contribution in [2.75, 3.05) is 43.9 Å². The van der Waals surface area contributed by atoms with Crippen molar-refractivity contribution in [3.63, 3.8) is 0 Å². The zero-order valence-corrected chi connectivity index (χ0v) is 12.8. The van der Waals surface area contributed by atoms with Crippen LogP contribution in [0, 0.1) is 12.7 Å². The van der Waals surface area contributed by atoms with Gasteiger partial charge in [-0.1, -0.05) is 0 Å². The predicted molar refractivity (Wildman–Crippen MR) is 77.6 cm³/mol. The summed E-state index contributed by atoms with van der Waals surface area (Å²) in [5.74, 6) is -1.32. The number of anilines is 1. The van der Waals surface area contributed by atoms with Crippen molar-refractivity contribution in [2.24, 2.45) is 0 Å². The summed E-state index contributed by atoms with van der Waals surface area (Å²) in [4.78, 5) is 4.52. The first-order valence-electron chi connectivity index (χ1n) is 6.69. The number of rotatable bonds is 3. The third kappa shape index (κ3) is 4.51. The highest BCUT2D eigenvalue weighted by molar-refractivity contribution is 7.99. The molecular weight excluding hydrogens is 304 g/mol. The molecule has 0 unspecified atom stereocenters. The topological polar surface area (TPSA) is 6.48 Å². The second kappa shape index (κ2) is 6.44. The van der Waals surface area contributed by atoms with Crippen LogP contribution in [0.4, 0.5) is 23.2 Å². The van der Waals surface area contributed by atoms with Crippen molar-refractivity contribution >= 4 is 17.4 Å². The summed E-state index contributed by atoms with van der Waals surface area (Å²) in [7, 11) is 1.99. The minimum atomic E-state index is -4.22. The molecule has 0 atom stereocenters. The van der Waals surface area contributed by atoms with E-state index in [0.717, 1.165) is 13.1 Å². The molecule has 0 spiro atoms. The highest BCUT2D eigenvalue weighted by Crippen LogP contribution is 2.33. The average molecular weight is 322 g/mol. The van der Waals surface area contributed by atoms with Gasteiger partial charge < -0.3 is 9.80 Å². The third-order valence-corrected chi connectivity index (χ3v) is 4.70. The fraction of sp³-hybridized carbons (Fsp3) is 0.571. The zero-order valence-electron chi connectivity index (χ0n) is 12.0. The molecule has 0 radical (unpaired) electrons. The van der Waals surface area contributed by atoms with E-state index in [1.165, 1.54) is 6.07 Å². The van der Waals surface area contributed by atoms with Crippen LogP contribution < -0.4 is 4.90 Å². The Hall–Kier alpha value is -0.950. The second-order valence-corrected chi connectivity index (χ2v) is 6.28. The van der Waals surface area contributed by atoms with Gasteiger partial charge >= 0.3 is 6.18 Å². The SMILES string of the molecule is Cc1cc(F)c(N2CCN(C)CC2)cc1SCC(F)(F)F. The first-order valence-corrected chi connectivity index (χ1v) is 7.68. The standard InChI is InChI=1S/C14H18F4N2S/c1-10-7-11(15)12(20-5-3-19(2)4-6-20)8-13(10)21-9-14(16,17)18/h7-8H,3-6,9H2,1-2H3. The lowest BCUT2D eigenvalue weighted by Crippen LogP contribution is -2.44. The Balaban J connectivity index is 2.18. The first kappa shape index (κ1) is 16.4. The fourth-order valence-electron chi connectivity index (χ4n) is 2.25. The van der Waals surface area contributed by atoms with Gasteiger partial charge in [0.15, 0.2) is 0 Å². The van der Waals surface area contributed by atoms with Crippen LogP contribution in [0.15, 0.2) is 17.0 Å². The molecule has 118 valence electrons. The normalized spacial score (nSPS) is 17.3. The van der Waals surface area contributed by atoms with Gasteiger partial charge in [0, 0.05) is 31.1 Å². The Morgan fingerprint density at radius 1 is 1.14 bits per heavy atom. The lowest BCUT2D eigenvalue weighted by molar-refractivity contribution is -0.105. The van der Waals surface area contributed by atoms with Crippen LogP contribution in [-0.2, 0) is 0 Å². The summed E-state index contributed by atoms with van der Waals surface area (Å²) >= 11 is 0.713. The highest BCUT2D eigenvalue weighted by Gasteiger charge is 2.28. The van der Waals surface area contributed by atoms with E-state index in [9.17, 15) is 17.6 Å². The average Bonchev–Trinajstić information content (AvgIpc) is 2.38. The Bertz CT molecular complexity index is 496. The van der Waals surface area contributed by atoms with Gasteiger partial charge in [0.2, 0.25) is 0 Å². The molecule has 7 heteroatoms. The maximum absolute atomic E-state index is 14.1. The molecule has 1 fully saturated rings. The maximum Gasteiger partial charge on any atom is 0.398 e. The fourth-order valence-corrected chi connectivity index (χ4v) is 3.05. The van der Waals surface area contributed by atoms with Crippen molar-refractivity contribution in [1.82, 2.24) is 4.90 Å². The molecule has 2 nitrogen and oxygen atoms in total. The molecule has 21 heavy (non-hydrogen) atoms. The molecular formula is C14H18F4N2S. The molecule has 0 N–H and O–H groups in total. The molecule has 1 aromatic rings. The zero-order chi connectivity index (χ0) is 15.6. The first-order chi connectivity index (χ1) is 9.76. The number of hydrogen-bond donors (Lipinski definition) is 0. The number of piperazine rings is 1. The van der Waals surface area contributed by atoms with E-state index >= 15 is 0 Å². The van der Waals surface area contributed by atoms with Gasteiger partial charge in [0.25, 0.3) is 0 Å². The van der Waals surface area contributed by atoms with Crippen molar-refractivity contribution in [2.45, 2.75) is 18.0 Å². The van der Waals surface area contributed by atoms with Crippen molar-refractivity contribution in [1.29, 1.82) is 0 Å². The molecule has 1 heterocycles. The lowest BCUT2D eigenvalue weighted by Gasteiger charge is -2.34. The van der Waals surface area contributed by atoms with E-state index in [1.807, 2.05) is 11.9 Å². The van der Waals surface area contributed by atoms with Gasteiger partial charge in [-0.15, -0.1) is 11.8 Å². The minimum Gasteiger partial charge on any atom is -0.367 e. The van der Waals surface area contributed by atoms with E-state index in [1.54, 1.807) is 13.0 Å². The number of hydrogen-bond acceptors (Lipinski definition) is 3. The van der Waals surface area contributed by atoms with E-state index in [-0.39, 0.29) is 5.82 Å². The van der Waals surface area contributed by atoms with Crippen LogP contribution in [0.5, 0.6) is 0 Å². The molecule has 0 aliphatic carbocycles. The molecule has 1 aliphatic rings. The summed E-state index contributed by atoms with van der Waals surface area (Å²) < 4.78 is 51.1. The summed E-state index contributed by atoms with van der Waals surface area (Å²) in [6.45, 7) is 4.63. The van der Waals surface area contributed by atoms with Crippen LogP contribution in [0.1, 0.15) is 5.56 Å². The molecule has 0 bridgehead atoms. The van der Waals surface area contributed by atoms with Crippen LogP contribution >= 0.6 is 11.8 Å². The largest absolute Gasteiger partial charge is 0.398 e. The maximum atomic E-state index is 14.1. The molecule has 2 rings (SSSR count). The van der Waals surface area contributed by atoms with Gasteiger partial charge in [-0.25, -0.2) is 4.39 Å². The van der Waals surface area contributed by atoms with E-state index in [4.69, 9.17) is 0 Å². The Kier molecular flexibility index (Phi) is 5.03. The smallest absolute Gasteiger partial charge is 0.367 e. The molecule has 1 saturated heterocycles. The number of halogens is 4. The number of likely N-dealkylation sites (N-methyl/N-ethyl adjacent to an activating group) is 1. The summed E-state index contributed by atoms with van der Waals surface area (Å²) in [5.41, 5.74) is 0.943. The number of alkyl halides is 3. The quantitative estimate of drug-likeness (QED) is 0.621. The van der Waals surface area contributed by atoms with Gasteiger partial charge in [-0.05, 0) is 31.7 Å². The Labute approximate surface area is 126 Å². The van der Waals surface area contributed by atoms with E-state index in [0.29, 0.717) is 41.0 Å². The van der Waals surface area contributed by atoms with Crippen LogP contribution in [0.25, 0.3) is 0 Å². The van der Waals surface area contributed by atoms with Crippen LogP contribution in [0.2, 0.25) is 0 Å².